The van der Waals surface area contributed by atoms with Gasteiger partial charge in [0.05, 0.1) is 12.8 Å². The van der Waals surface area contributed by atoms with Crippen molar-refractivity contribution in [1.82, 2.24) is 19.4 Å². The average molecular weight is 478 g/mol. The Bertz CT molecular complexity index is 801. The number of carboxylic acid groups (broad SMARTS) is 3. The molecule has 2 aliphatic rings. The van der Waals surface area contributed by atoms with Crippen molar-refractivity contribution in [1.29, 1.82) is 0 Å². The molecule has 0 radical (unpaired) electrons. The third-order valence-corrected chi connectivity index (χ3v) is 5.64. The summed E-state index contributed by atoms with van der Waals surface area (Å²) in [5.41, 5.74) is -0.857. The number of amides is 1. The first-order valence-corrected chi connectivity index (χ1v) is 10.8. The van der Waals surface area contributed by atoms with E-state index >= 15 is 0 Å². The van der Waals surface area contributed by atoms with Gasteiger partial charge in [-0.3, -0.25) is 9.59 Å². The van der Waals surface area contributed by atoms with E-state index in [-0.39, 0.29) is 18.8 Å². The fourth-order valence-electron chi connectivity index (χ4n) is 3.87. The maximum Gasteiger partial charge on any atom is 0.434 e. The van der Waals surface area contributed by atoms with Crippen molar-refractivity contribution in [3.05, 3.63) is 17.7 Å². The number of halogens is 3. The molecule has 2 saturated heterocycles. The van der Waals surface area contributed by atoms with Crippen LogP contribution in [0.1, 0.15) is 56.0 Å². The van der Waals surface area contributed by atoms with Gasteiger partial charge in [-0.05, 0) is 38.8 Å². The topological polar surface area (TPSA) is 136 Å². The second-order valence-corrected chi connectivity index (χ2v) is 8.06. The number of aliphatic carboxylic acids is 2. The molecule has 1 amide bonds. The van der Waals surface area contributed by atoms with E-state index in [2.05, 4.69) is 9.88 Å². The highest BCUT2D eigenvalue weighted by molar-refractivity contribution is 5.75. The van der Waals surface area contributed by atoms with Gasteiger partial charge in [0.25, 0.3) is 0 Å². The summed E-state index contributed by atoms with van der Waals surface area (Å²) < 4.78 is 40.9. The lowest BCUT2D eigenvalue weighted by molar-refractivity contribution is -0.143. The molecule has 10 nitrogen and oxygen atoms in total. The average Bonchev–Trinajstić information content (AvgIpc) is 3.41. The molecule has 0 aliphatic carbocycles. The number of carbonyl (C=O) groups is 3. The molecule has 0 bridgehead atoms. The molecule has 1 aromatic rings. The van der Waals surface area contributed by atoms with Crippen molar-refractivity contribution in [3.63, 3.8) is 0 Å². The standard InChI is InChI=1S/C16H23F3N4O2.C4H6O4/c17-16(18,19)13-11-23(10-9-21-5-1-2-6-21)14(20-13)12-3-7-22(8-4-12)15(24)25;5-3(6)1-2-4(7)8/h11-12H,1-10H2,(H,24,25);1-2H2,(H,5,6)(H,7,8). The van der Waals surface area contributed by atoms with Gasteiger partial charge < -0.3 is 29.7 Å². The predicted molar refractivity (Wildman–Crippen MR) is 109 cm³/mol. The molecule has 0 spiro atoms. The van der Waals surface area contributed by atoms with Crippen LogP contribution in [0.5, 0.6) is 0 Å². The molecule has 186 valence electrons. The first-order valence-electron chi connectivity index (χ1n) is 10.8. The summed E-state index contributed by atoms with van der Waals surface area (Å²) in [4.78, 5) is 37.7. The number of imidazole rings is 1. The summed E-state index contributed by atoms with van der Waals surface area (Å²) in [6.07, 6.45) is -1.65. The van der Waals surface area contributed by atoms with Crippen LogP contribution in [0, 0.1) is 0 Å². The quantitative estimate of drug-likeness (QED) is 0.544. The summed E-state index contributed by atoms with van der Waals surface area (Å²) in [6.45, 7) is 3.85. The minimum absolute atomic E-state index is 0.134. The molecule has 0 aromatic carbocycles. The van der Waals surface area contributed by atoms with Gasteiger partial charge in [-0.15, -0.1) is 0 Å². The largest absolute Gasteiger partial charge is 0.481 e. The Kier molecular flexibility index (Phi) is 9.50. The summed E-state index contributed by atoms with van der Waals surface area (Å²) in [5, 5.41) is 24.8. The Morgan fingerprint density at radius 2 is 1.48 bits per heavy atom. The third kappa shape index (κ3) is 8.56. The second-order valence-electron chi connectivity index (χ2n) is 8.06. The van der Waals surface area contributed by atoms with E-state index in [1.807, 2.05) is 0 Å². The predicted octanol–water partition coefficient (Wildman–Crippen LogP) is 2.79. The molecule has 33 heavy (non-hydrogen) atoms. The number of nitrogens with zero attached hydrogens (tertiary/aromatic N) is 4. The lowest BCUT2D eigenvalue weighted by Gasteiger charge is -2.30. The first kappa shape index (κ1) is 26.4. The van der Waals surface area contributed by atoms with Gasteiger partial charge in [-0.25, -0.2) is 9.78 Å². The molecule has 0 saturated carbocycles. The minimum atomic E-state index is -4.46. The molecule has 0 atom stereocenters. The number of aromatic nitrogens is 2. The number of piperidine rings is 1. The zero-order valence-corrected chi connectivity index (χ0v) is 18.1. The molecular weight excluding hydrogens is 449 g/mol. The van der Waals surface area contributed by atoms with Crippen molar-refractivity contribution >= 4 is 18.0 Å². The lowest BCUT2D eigenvalue weighted by atomic mass is 9.96. The molecule has 3 N–H and O–H groups in total. The summed E-state index contributed by atoms with van der Waals surface area (Å²) in [6, 6.07) is 0. The summed E-state index contributed by atoms with van der Waals surface area (Å²) in [7, 11) is 0. The molecular formula is C20H29F3N4O6. The van der Waals surface area contributed by atoms with E-state index in [0.717, 1.165) is 32.1 Å². The van der Waals surface area contributed by atoms with Crippen LogP contribution in [0.4, 0.5) is 18.0 Å². The summed E-state index contributed by atoms with van der Waals surface area (Å²) in [5.74, 6) is -1.85. The van der Waals surface area contributed by atoms with Crippen LogP contribution in [0.3, 0.4) is 0 Å². The van der Waals surface area contributed by atoms with Gasteiger partial charge in [0.15, 0.2) is 5.69 Å². The molecule has 3 heterocycles. The van der Waals surface area contributed by atoms with Gasteiger partial charge in [0, 0.05) is 38.3 Å². The van der Waals surface area contributed by atoms with Gasteiger partial charge in [-0.1, -0.05) is 0 Å². The van der Waals surface area contributed by atoms with Crippen LogP contribution in [0.25, 0.3) is 0 Å². The van der Waals surface area contributed by atoms with Crippen LogP contribution >= 0.6 is 0 Å². The molecule has 3 rings (SSSR count). The van der Waals surface area contributed by atoms with Crippen molar-refractivity contribution in [2.24, 2.45) is 0 Å². The van der Waals surface area contributed by atoms with Crippen molar-refractivity contribution < 1.29 is 42.9 Å². The van der Waals surface area contributed by atoms with E-state index < -0.39 is 29.9 Å². The Morgan fingerprint density at radius 1 is 0.939 bits per heavy atom. The molecule has 2 aliphatic heterocycles. The monoisotopic (exact) mass is 478 g/mol. The van der Waals surface area contributed by atoms with E-state index in [4.69, 9.17) is 15.3 Å². The maximum absolute atomic E-state index is 13.1. The smallest absolute Gasteiger partial charge is 0.434 e. The SMILES string of the molecule is O=C(O)CCC(=O)O.O=C(O)N1CCC(c2nc(C(F)(F)F)cn2CCN2CCCC2)CC1. The zero-order chi connectivity index (χ0) is 24.6. The normalized spacial score (nSPS) is 17.5. The van der Waals surface area contributed by atoms with Gasteiger partial charge >= 0.3 is 24.2 Å². The zero-order valence-electron chi connectivity index (χ0n) is 18.1. The van der Waals surface area contributed by atoms with Crippen LogP contribution in [-0.2, 0) is 22.3 Å². The number of hydrogen-bond acceptors (Lipinski definition) is 5. The number of rotatable bonds is 7. The second kappa shape index (κ2) is 11.9. The minimum Gasteiger partial charge on any atom is -0.481 e. The van der Waals surface area contributed by atoms with Gasteiger partial charge in [-0.2, -0.15) is 13.2 Å². The van der Waals surface area contributed by atoms with Crippen molar-refractivity contribution in [3.8, 4) is 0 Å². The molecule has 0 unspecified atom stereocenters. The van der Waals surface area contributed by atoms with Crippen molar-refractivity contribution in [2.75, 3.05) is 32.7 Å². The number of alkyl halides is 3. The highest BCUT2D eigenvalue weighted by Crippen LogP contribution is 2.33. The Balaban J connectivity index is 0.000000414. The Morgan fingerprint density at radius 3 is 1.94 bits per heavy atom. The summed E-state index contributed by atoms with van der Waals surface area (Å²) >= 11 is 0. The fraction of sp³-hybridized carbons (Fsp3) is 0.700. The van der Waals surface area contributed by atoms with Crippen LogP contribution < -0.4 is 0 Å². The Hall–Kier alpha value is -2.83. The fourth-order valence-corrected chi connectivity index (χ4v) is 3.87. The lowest BCUT2D eigenvalue weighted by Crippen LogP contribution is -2.37. The highest BCUT2D eigenvalue weighted by atomic mass is 19.4. The van der Waals surface area contributed by atoms with E-state index in [1.54, 1.807) is 4.57 Å². The molecule has 2 fully saturated rings. The van der Waals surface area contributed by atoms with Crippen LogP contribution in [0.2, 0.25) is 0 Å². The number of hydrogen-bond donors (Lipinski definition) is 3. The Labute approximate surface area is 188 Å². The van der Waals surface area contributed by atoms with Gasteiger partial charge in [0.1, 0.15) is 5.82 Å². The van der Waals surface area contributed by atoms with E-state index in [0.29, 0.717) is 44.8 Å². The molecule has 13 heteroatoms. The third-order valence-electron chi connectivity index (χ3n) is 5.64. The number of carboxylic acids is 2. The number of likely N-dealkylation sites (tertiary alicyclic amines) is 2. The first-order chi connectivity index (χ1) is 15.5. The van der Waals surface area contributed by atoms with Crippen molar-refractivity contribution in [2.45, 2.75) is 57.2 Å². The molecule has 1 aromatic heterocycles. The van der Waals surface area contributed by atoms with Crippen LogP contribution in [-0.4, -0.2) is 85.4 Å². The van der Waals surface area contributed by atoms with Crippen LogP contribution in [0.15, 0.2) is 6.20 Å². The van der Waals surface area contributed by atoms with Gasteiger partial charge in [0.2, 0.25) is 0 Å². The van der Waals surface area contributed by atoms with E-state index in [9.17, 15) is 27.6 Å². The van der Waals surface area contributed by atoms with E-state index in [1.165, 1.54) is 4.90 Å². The highest BCUT2D eigenvalue weighted by Gasteiger charge is 2.36. The maximum atomic E-state index is 13.1.